The van der Waals surface area contributed by atoms with E-state index in [2.05, 4.69) is 11.1 Å². The molecule has 0 bridgehead atoms. The van der Waals surface area contributed by atoms with E-state index >= 15 is 0 Å². The van der Waals surface area contributed by atoms with Gasteiger partial charge in [-0.2, -0.15) is 9.59 Å². The number of hydrogen-bond donors (Lipinski definition) is 0. The van der Waals surface area contributed by atoms with Crippen molar-refractivity contribution in [2.75, 3.05) is 0 Å². The quantitative estimate of drug-likeness (QED) is 0.558. The Morgan fingerprint density at radius 3 is 2.09 bits per heavy atom. The highest BCUT2D eigenvalue weighted by Crippen LogP contribution is 1.94. The summed E-state index contributed by atoms with van der Waals surface area (Å²) in [7, 11) is 0. The van der Waals surface area contributed by atoms with Gasteiger partial charge in [0, 0.05) is 11.9 Å². The van der Waals surface area contributed by atoms with E-state index in [9.17, 15) is 0 Å². The van der Waals surface area contributed by atoms with Crippen LogP contribution >= 0.6 is 0 Å². The lowest BCUT2D eigenvalue weighted by Crippen LogP contribution is -1.78. The van der Waals surface area contributed by atoms with Crippen LogP contribution in [0.1, 0.15) is 11.3 Å². The van der Waals surface area contributed by atoms with Gasteiger partial charge in [0.1, 0.15) is 0 Å². The minimum atomic E-state index is 0.250. The zero-order chi connectivity index (χ0) is 8.69. The van der Waals surface area contributed by atoms with E-state index in [0.29, 0.717) is 0 Å². The molecular formula is C8H9NO2. The lowest BCUT2D eigenvalue weighted by Gasteiger charge is -1.89. The topological polar surface area (TPSA) is 47.0 Å². The maximum absolute atomic E-state index is 8.12. The van der Waals surface area contributed by atoms with Crippen LogP contribution in [-0.2, 0) is 9.59 Å². The third-order valence-corrected chi connectivity index (χ3v) is 1.06. The molecule has 0 aliphatic carbocycles. The Kier molecular flexibility index (Phi) is 4.61. The molecule has 58 valence electrons. The molecular weight excluding hydrogens is 142 g/mol. The van der Waals surface area contributed by atoms with Gasteiger partial charge in [0.25, 0.3) is 0 Å². The number of carbonyl (C=O) groups excluding carboxylic acids is 2. The first kappa shape index (κ1) is 9.53. The van der Waals surface area contributed by atoms with Crippen molar-refractivity contribution in [3.05, 3.63) is 29.6 Å². The van der Waals surface area contributed by atoms with E-state index < -0.39 is 0 Å². The zero-order valence-electron chi connectivity index (χ0n) is 6.50. The van der Waals surface area contributed by atoms with Crippen molar-refractivity contribution >= 4 is 6.15 Å². The van der Waals surface area contributed by atoms with Crippen LogP contribution in [0.4, 0.5) is 0 Å². The number of aromatic nitrogens is 1. The van der Waals surface area contributed by atoms with Crippen molar-refractivity contribution in [2.45, 2.75) is 13.8 Å². The molecule has 11 heavy (non-hydrogen) atoms. The summed E-state index contributed by atoms with van der Waals surface area (Å²) in [6.45, 7) is 4.02. The molecule has 0 fully saturated rings. The van der Waals surface area contributed by atoms with Gasteiger partial charge < -0.3 is 0 Å². The molecule has 0 saturated carbocycles. The molecule has 1 aromatic heterocycles. The molecule has 3 heteroatoms. The van der Waals surface area contributed by atoms with Crippen LogP contribution in [0.15, 0.2) is 18.3 Å². The highest BCUT2D eigenvalue weighted by atomic mass is 16.2. The van der Waals surface area contributed by atoms with Gasteiger partial charge in [0.2, 0.25) is 0 Å². The lowest BCUT2D eigenvalue weighted by atomic mass is 10.3. The van der Waals surface area contributed by atoms with Crippen LogP contribution in [-0.4, -0.2) is 11.1 Å². The van der Waals surface area contributed by atoms with Crippen molar-refractivity contribution in [2.24, 2.45) is 0 Å². The molecule has 0 aromatic carbocycles. The SMILES string of the molecule is Cc1ccc(C)nc1.O=C=O. The summed E-state index contributed by atoms with van der Waals surface area (Å²) in [6, 6.07) is 4.07. The van der Waals surface area contributed by atoms with E-state index in [1.165, 1.54) is 5.56 Å². The van der Waals surface area contributed by atoms with Crippen molar-refractivity contribution in [3.63, 3.8) is 0 Å². The maximum Gasteiger partial charge on any atom is 0.373 e. The molecule has 0 radical (unpaired) electrons. The molecule has 1 rings (SSSR count). The van der Waals surface area contributed by atoms with Crippen LogP contribution in [0.5, 0.6) is 0 Å². The van der Waals surface area contributed by atoms with Crippen LogP contribution in [0.2, 0.25) is 0 Å². The number of pyridine rings is 1. The van der Waals surface area contributed by atoms with Gasteiger partial charge >= 0.3 is 6.15 Å². The lowest BCUT2D eigenvalue weighted by molar-refractivity contribution is -0.191. The second-order valence-electron chi connectivity index (χ2n) is 2.06. The average molecular weight is 151 g/mol. The molecule has 3 nitrogen and oxygen atoms in total. The van der Waals surface area contributed by atoms with Gasteiger partial charge in [-0.25, -0.2) is 0 Å². The van der Waals surface area contributed by atoms with Gasteiger partial charge in [-0.1, -0.05) is 6.07 Å². The fourth-order valence-corrected chi connectivity index (χ4v) is 0.542. The largest absolute Gasteiger partial charge is 0.373 e. The molecule has 1 aromatic rings. The summed E-state index contributed by atoms with van der Waals surface area (Å²) in [5.74, 6) is 0. The number of nitrogens with zero attached hydrogens (tertiary/aromatic N) is 1. The minimum Gasteiger partial charge on any atom is -0.261 e. The van der Waals surface area contributed by atoms with E-state index in [1.54, 1.807) is 0 Å². The third-order valence-electron chi connectivity index (χ3n) is 1.06. The number of aryl methyl sites for hydroxylation is 2. The first-order valence-electron chi connectivity index (χ1n) is 3.09. The van der Waals surface area contributed by atoms with Crippen LogP contribution < -0.4 is 0 Å². The predicted octanol–water partition coefficient (Wildman–Crippen LogP) is 1.11. The van der Waals surface area contributed by atoms with E-state index in [0.717, 1.165) is 5.69 Å². The molecule has 0 aliphatic heterocycles. The molecule has 0 spiro atoms. The van der Waals surface area contributed by atoms with Crippen molar-refractivity contribution < 1.29 is 9.59 Å². The van der Waals surface area contributed by atoms with Gasteiger partial charge in [-0.15, -0.1) is 0 Å². The Hall–Kier alpha value is -1.47. The third kappa shape index (κ3) is 5.00. The van der Waals surface area contributed by atoms with Crippen LogP contribution in [0.3, 0.4) is 0 Å². The second kappa shape index (κ2) is 5.33. The summed E-state index contributed by atoms with van der Waals surface area (Å²) in [4.78, 5) is 20.3. The van der Waals surface area contributed by atoms with Crippen LogP contribution in [0, 0.1) is 13.8 Å². The zero-order valence-corrected chi connectivity index (χ0v) is 6.50. The molecule has 0 aliphatic rings. The van der Waals surface area contributed by atoms with Gasteiger partial charge in [0.15, 0.2) is 0 Å². The number of rotatable bonds is 0. The average Bonchev–Trinajstić information content (AvgIpc) is 1.97. The van der Waals surface area contributed by atoms with Gasteiger partial charge in [-0.05, 0) is 25.5 Å². The summed E-state index contributed by atoms with van der Waals surface area (Å²) < 4.78 is 0. The Labute approximate surface area is 65.1 Å². The van der Waals surface area contributed by atoms with Gasteiger partial charge in [0.05, 0.1) is 0 Å². The van der Waals surface area contributed by atoms with E-state index in [4.69, 9.17) is 9.59 Å². The summed E-state index contributed by atoms with van der Waals surface area (Å²) in [5, 5.41) is 0. The minimum absolute atomic E-state index is 0.250. The second-order valence-corrected chi connectivity index (χ2v) is 2.06. The summed E-state index contributed by atoms with van der Waals surface area (Å²) in [5.41, 5.74) is 2.30. The smallest absolute Gasteiger partial charge is 0.261 e. The van der Waals surface area contributed by atoms with Crippen molar-refractivity contribution in [3.8, 4) is 0 Å². The Balaban J connectivity index is 0.000000292. The molecule has 0 atom stereocenters. The first-order chi connectivity index (χ1) is 5.20. The Morgan fingerprint density at radius 1 is 1.27 bits per heavy atom. The van der Waals surface area contributed by atoms with Crippen molar-refractivity contribution in [1.82, 2.24) is 4.98 Å². The van der Waals surface area contributed by atoms with Crippen LogP contribution in [0.25, 0.3) is 0 Å². The highest BCUT2D eigenvalue weighted by Gasteiger charge is 1.81. The predicted molar refractivity (Wildman–Crippen MR) is 38.7 cm³/mol. The summed E-state index contributed by atoms with van der Waals surface area (Å²) >= 11 is 0. The van der Waals surface area contributed by atoms with Gasteiger partial charge in [-0.3, -0.25) is 4.98 Å². The standard InChI is InChI=1S/C7H9N.CO2/c1-6-3-4-7(2)8-5-6;2-1-3/h3-5H,1-2H3;. The Bertz CT molecular complexity index is 214. The fraction of sp³-hybridized carbons (Fsp3) is 0.250. The molecule has 1 heterocycles. The molecule has 0 N–H and O–H groups in total. The molecule has 0 saturated heterocycles. The monoisotopic (exact) mass is 151 g/mol. The number of hydrogen-bond acceptors (Lipinski definition) is 3. The first-order valence-corrected chi connectivity index (χ1v) is 3.09. The molecule has 0 amide bonds. The summed E-state index contributed by atoms with van der Waals surface area (Å²) in [6.07, 6.45) is 2.12. The maximum atomic E-state index is 8.12. The Morgan fingerprint density at radius 2 is 1.82 bits per heavy atom. The van der Waals surface area contributed by atoms with E-state index in [-0.39, 0.29) is 6.15 Å². The van der Waals surface area contributed by atoms with E-state index in [1.807, 2.05) is 26.1 Å². The normalized spacial score (nSPS) is 7.45. The van der Waals surface area contributed by atoms with Crippen molar-refractivity contribution in [1.29, 1.82) is 0 Å². The molecule has 0 unspecified atom stereocenters. The fourth-order valence-electron chi connectivity index (χ4n) is 0.542. The highest BCUT2D eigenvalue weighted by molar-refractivity contribution is 5.20.